The first-order valence-corrected chi connectivity index (χ1v) is 11.3. The van der Waals surface area contributed by atoms with E-state index < -0.39 is 72.8 Å². The lowest BCUT2D eigenvalue weighted by Crippen LogP contribution is -2.58. The highest BCUT2D eigenvalue weighted by molar-refractivity contribution is 5.94. The average molecular weight is 495 g/mol. The van der Waals surface area contributed by atoms with E-state index in [9.17, 15) is 29.1 Å². The van der Waals surface area contributed by atoms with E-state index in [-0.39, 0.29) is 12.8 Å². The molecular formula is C23H34N4O8. The number of carbonyl (C=O) groups excluding carboxylic acids is 3. The molecule has 0 aliphatic heterocycles. The number of hydrogen-bond acceptors (Lipinski definition) is 7. The first-order chi connectivity index (χ1) is 16.5. The van der Waals surface area contributed by atoms with Crippen molar-refractivity contribution in [3.05, 3.63) is 35.9 Å². The van der Waals surface area contributed by atoms with Gasteiger partial charge in [-0.2, -0.15) is 0 Å². The van der Waals surface area contributed by atoms with Crippen molar-refractivity contribution in [2.75, 3.05) is 6.61 Å². The largest absolute Gasteiger partial charge is 0.481 e. The molecule has 3 amide bonds. The molecule has 35 heavy (non-hydrogen) atoms. The Morgan fingerprint density at radius 3 is 2.00 bits per heavy atom. The van der Waals surface area contributed by atoms with Crippen LogP contribution in [-0.4, -0.2) is 75.8 Å². The summed E-state index contributed by atoms with van der Waals surface area (Å²) < 4.78 is 0. The predicted molar refractivity (Wildman–Crippen MR) is 125 cm³/mol. The van der Waals surface area contributed by atoms with Gasteiger partial charge in [0, 0.05) is 12.8 Å². The smallest absolute Gasteiger partial charge is 0.326 e. The van der Waals surface area contributed by atoms with Crippen molar-refractivity contribution in [3.63, 3.8) is 0 Å². The lowest BCUT2D eigenvalue weighted by molar-refractivity contribution is -0.144. The highest BCUT2D eigenvalue weighted by atomic mass is 16.4. The van der Waals surface area contributed by atoms with Crippen molar-refractivity contribution in [1.82, 2.24) is 16.0 Å². The van der Waals surface area contributed by atoms with Gasteiger partial charge < -0.3 is 37.0 Å². The molecule has 0 aromatic heterocycles. The summed E-state index contributed by atoms with van der Waals surface area (Å²) in [6.07, 6.45) is -0.291. The van der Waals surface area contributed by atoms with Crippen molar-refractivity contribution in [3.8, 4) is 0 Å². The maximum atomic E-state index is 13.1. The highest BCUT2D eigenvalue weighted by Crippen LogP contribution is 2.10. The van der Waals surface area contributed by atoms with E-state index in [1.54, 1.807) is 44.2 Å². The normalized spacial score (nSPS) is 15.1. The molecule has 1 aromatic rings. The van der Waals surface area contributed by atoms with Crippen LogP contribution in [0.1, 0.15) is 38.7 Å². The minimum atomic E-state index is -1.37. The fourth-order valence-corrected chi connectivity index (χ4v) is 3.17. The lowest BCUT2D eigenvalue weighted by atomic mass is 9.98. The summed E-state index contributed by atoms with van der Waals surface area (Å²) in [5.74, 6) is -5.34. The molecule has 5 unspecified atom stereocenters. The zero-order valence-electron chi connectivity index (χ0n) is 19.8. The number of nitrogens with one attached hydrogen (secondary N) is 3. The van der Waals surface area contributed by atoms with Crippen molar-refractivity contribution < 1.29 is 39.3 Å². The average Bonchev–Trinajstić information content (AvgIpc) is 2.83. The van der Waals surface area contributed by atoms with Gasteiger partial charge in [0.2, 0.25) is 17.7 Å². The molecule has 0 fully saturated rings. The van der Waals surface area contributed by atoms with E-state index in [0.29, 0.717) is 12.0 Å². The summed E-state index contributed by atoms with van der Waals surface area (Å²) in [6, 6.07) is 3.58. The molecule has 12 heteroatoms. The minimum absolute atomic E-state index is 0.0223. The summed E-state index contributed by atoms with van der Waals surface area (Å²) in [5.41, 5.74) is 6.22. The molecule has 0 aliphatic rings. The van der Waals surface area contributed by atoms with Crippen molar-refractivity contribution in [2.45, 2.75) is 63.7 Å². The Hall–Kier alpha value is -3.51. The molecule has 0 aliphatic carbocycles. The van der Waals surface area contributed by atoms with Gasteiger partial charge in [0.1, 0.15) is 24.2 Å². The fourth-order valence-electron chi connectivity index (χ4n) is 3.17. The summed E-state index contributed by atoms with van der Waals surface area (Å²) in [7, 11) is 0. The number of aliphatic carboxylic acids is 2. The molecule has 0 saturated carbocycles. The molecule has 12 nitrogen and oxygen atoms in total. The standard InChI is InChI=1S/C23H34N4O8/c1-3-13(2)19(23(34)35)27-21(32)16(9-10-18(29)30)25-22(33)17(26-20(31)15(24)12-28)11-14-7-5-4-6-8-14/h4-8,13,15-17,19,28H,3,9-12,24H2,1-2H3,(H,25,33)(H,26,31)(H,27,32)(H,29,30)(H,34,35). The Labute approximate surface area is 203 Å². The number of nitrogens with two attached hydrogens (primary N) is 1. The van der Waals surface area contributed by atoms with Gasteiger partial charge in [-0.3, -0.25) is 19.2 Å². The minimum Gasteiger partial charge on any atom is -0.481 e. The summed E-state index contributed by atoms with van der Waals surface area (Å²) in [4.78, 5) is 60.9. The topological polar surface area (TPSA) is 208 Å². The number of aliphatic hydroxyl groups is 1. The summed E-state index contributed by atoms with van der Waals surface area (Å²) >= 11 is 0. The Kier molecular flexibility index (Phi) is 12.4. The van der Waals surface area contributed by atoms with E-state index in [1.807, 2.05) is 0 Å². The van der Waals surface area contributed by atoms with E-state index >= 15 is 0 Å². The van der Waals surface area contributed by atoms with Crippen LogP contribution in [0, 0.1) is 5.92 Å². The number of carboxylic acids is 2. The number of aliphatic hydroxyl groups excluding tert-OH is 1. The fraction of sp³-hybridized carbons (Fsp3) is 0.522. The molecule has 0 heterocycles. The molecular weight excluding hydrogens is 460 g/mol. The first kappa shape index (κ1) is 29.5. The van der Waals surface area contributed by atoms with Gasteiger partial charge >= 0.3 is 11.9 Å². The SMILES string of the molecule is CCC(C)C(NC(=O)C(CCC(=O)O)NC(=O)C(Cc1ccccc1)NC(=O)C(N)CO)C(=O)O. The number of hydrogen-bond donors (Lipinski definition) is 7. The predicted octanol–water partition coefficient (Wildman–Crippen LogP) is -1.00. The first-order valence-electron chi connectivity index (χ1n) is 11.3. The van der Waals surface area contributed by atoms with Gasteiger partial charge in [-0.25, -0.2) is 4.79 Å². The maximum Gasteiger partial charge on any atom is 0.326 e. The highest BCUT2D eigenvalue weighted by Gasteiger charge is 2.32. The molecule has 0 radical (unpaired) electrons. The monoisotopic (exact) mass is 494 g/mol. The van der Waals surface area contributed by atoms with Crippen LogP contribution in [0.3, 0.4) is 0 Å². The number of carboxylic acid groups (broad SMARTS) is 2. The third kappa shape index (κ3) is 10.1. The Bertz CT molecular complexity index is 880. The van der Waals surface area contributed by atoms with E-state index in [0.717, 1.165) is 0 Å². The maximum absolute atomic E-state index is 13.1. The zero-order valence-corrected chi connectivity index (χ0v) is 19.8. The second-order valence-electron chi connectivity index (χ2n) is 8.24. The molecule has 5 atom stereocenters. The van der Waals surface area contributed by atoms with Gasteiger partial charge in [0.15, 0.2) is 0 Å². The van der Waals surface area contributed by atoms with Gasteiger partial charge in [0.25, 0.3) is 0 Å². The third-order valence-corrected chi connectivity index (χ3v) is 5.51. The van der Waals surface area contributed by atoms with Crippen molar-refractivity contribution in [2.24, 2.45) is 11.7 Å². The summed E-state index contributed by atoms with van der Waals surface area (Å²) in [6.45, 7) is 2.74. The van der Waals surface area contributed by atoms with Crippen LogP contribution in [0.4, 0.5) is 0 Å². The molecule has 8 N–H and O–H groups in total. The van der Waals surface area contributed by atoms with Crippen LogP contribution >= 0.6 is 0 Å². The van der Waals surface area contributed by atoms with E-state index in [2.05, 4.69) is 16.0 Å². The summed E-state index contributed by atoms with van der Waals surface area (Å²) in [5, 5.41) is 34.9. The van der Waals surface area contributed by atoms with E-state index in [1.165, 1.54) is 0 Å². The van der Waals surface area contributed by atoms with Crippen LogP contribution in [0.5, 0.6) is 0 Å². The number of rotatable bonds is 15. The number of amides is 3. The van der Waals surface area contributed by atoms with Gasteiger partial charge in [-0.05, 0) is 17.9 Å². The molecule has 0 saturated heterocycles. The Balaban J connectivity index is 3.13. The number of carbonyl (C=O) groups is 5. The van der Waals surface area contributed by atoms with Crippen molar-refractivity contribution in [1.29, 1.82) is 0 Å². The van der Waals surface area contributed by atoms with Crippen molar-refractivity contribution >= 4 is 29.7 Å². The quantitative estimate of drug-likeness (QED) is 0.159. The van der Waals surface area contributed by atoms with Crippen LogP contribution < -0.4 is 21.7 Å². The Morgan fingerprint density at radius 1 is 0.914 bits per heavy atom. The van der Waals surface area contributed by atoms with Crippen LogP contribution in [0.15, 0.2) is 30.3 Å². The molecule has 1 rings (SSSR count). The van der Waals surface area contributed by atoms with Gasteiger partial charge in [0.05, 0.1) is 6.61 Å². The van der Waals surface area contributed by atoms with Gasteiger partial charge in [-0.1, -0.05) is 50.6 Å². The van der Waals surface area contributed by atoms with Crippen LogP contribution in [0.2, 0.25) is 0 Å². The van der Waals surface area contributed by atoms with Gasteiger partial charge in [-0.15, -0.1) is 0 Å². The molecule has 0 spiro atoms. The van der Waals surface area contributed by atoms with Crippen LogP contribution in [-0.2, 0) is 30.4 Å². The third-order valence-electron chi connectivity index (χ3n) is 5.51. The number of benzene rings is 1. The van der Waals surface area contributed by atoms with E-state index in [4.69, 9.17) is 15.9 Å². The van der Waals surface area contributed by atoms with Crippen LogP contribution in [0.25, 0.3) is 0 Å². The molecule has 194 valence electrons. The molecule has 0 bridgehead atoms. The second kappa shape index (κ2) is 14.7. The Morgan fingerprint density at radius 2 is 1.49 bits per heavy atom. The molecule has 1 aromatic carbocycles. The zero-order chi connectivity index (χ0) is 26.5. The second-order valence-corrected chi connectivity index (χ2v) is 8.24. The lowest BCUT2D eigenvalue weighted by Gasteiger charge is -2.26.